The van der Waals surface area contributed by atoms with Crippen molar-refractivity contribution in [2.24, 2.45) is 5.92 Å². The standard InChI is InChI=1S/C11H24N2O2S/c1-4-12-8-5-9-16(14,15)13(3)10(2)11-6-7-11/h10-12H,4-9H2,1-3H3. The van der Waals surface area contributed by atoms with Gasteiger partial charge in [-0.2, -0.15) is 0 Å². The van der Waals surface area contributed by atoms with Crippen molar-refractivity contribution in [3.63, 3.8) is 0 Å². The Bertz CT molecular complexity index is 299. The maximum absolute atomic E-state index is 12.0. The second kappa shape index (κ2) is 5.98. The molecule has 4 nitrogen and oxygen atoms in total. The molecule has 1 saturated carbocycles. The topological polar surface area (TPSA) is 49.4 Å². The van der Waals surface area contributed by atoms with E-state index >= 15 is 0 Å². The van der Waals surface area contributed by atoms with E-state index in [1.54, 1.807) is 11.4 Å². The average Bonchev–Trinajstić information content (AvgIpc) is 3.06. The Morgan fingerprint density at radius 2 is 2.06 bits per heavy atom. The Hall–Kier alpha value is -0.130. The van der Waals surface area contributed by atoms with Crippen LogP contribution in [0.3, 0.4) is 0 Å². The summed E-state index contributed by atoms with van der Waals surface area (Å²) in [4.78, 5) is 0. The average molecular weight is 248 g/mol. The molecule has 1 aliphatic rings. The molecule has 1 fully saturated rings. The number of nitrogens with one attached hydrogen (secondary N) is 1. The highest BCUT2D eigenvalue weighted by molar-refractivity contribution is 7.89. The van der Waals surface area contributed by atoms with Crippen LogP contribution in [0, 0.1) is 5.92 Å². The Morgan fingerprint density at radius 1 is 1.44 bits per heavy atom. The molecule has 0 aromatic rings. The summed E-state index contributed by atoms with van der Waals surface area (Å²) in [6.45, 7) is 5.71. The highest BCUT2D eigenvalue weighted by Gasteiger charge is 2.34. The Morgan fingerprint density at radius 3 is 2.56 bits per heavy atom. The lowest BCUT2D eigenvalue weighted by Crippen LogP contribution is -2.38. The van der Waals surface area contributed by atoms with Crippen molar-refractivity contribution in [2.75, 3.05) is 25.9 Å². The van der Waals surface area contributed by atoms with E-state index in [0.29, 0.717) is 12.3 Å². The largest absolute Gasteiger partial charge is 0.317 e. The summed E-state index contributed by atoms with van der Waals surface area (Å²) in [7, 11) is -1.34. The molecule has 96 valence electrons. The molecule has 0 heterocycles. The minimum Gasteiger partial charge on any atom is -0.317 e. The molecule has 0 radical (unpaired) electrons. The van der Waals surface area contributed by atoms with Crippen LogP contribution in [0.2, 0.25) is 0 Å². The quantitative estimate of drug-likeness (QED) is 0.653. The zero-order valence-corrected chi connectivity index (χ0v) is 11.4. The number of hydrogen-bond acceptors (Lipinski definition) is 3. The van der Waals surface area contributed by atoms with Crippen LogP contribution in [0.5, 0.6) is 0 Å². The monoisotopic (exact) mass is 248 g/mol. The van der Waals surface area contributed by atoms with E-state index < -0.39 is 10.0 Å². The van der Waals surface area contributed by atoms with Crippen molar-refractivity contribution in [1.82, 2.24) is 9.62 Å². The van der Waals surface area contributed by atoms with E-state index in [2.05, 4.69) is 5.32 Å². The molecule has 5 heteroatoms. The SMILES string of the molecule is CCNCCCS(=O)(=O)N(C)C(C)C1CC1. The first-order valence-electron chi connectivity index (χ1n) is 6.15. The first-order valence-corrected chi connectivity index (χ1v) is 7.76. The molecule has 1 unspecified atom stereocenters. The van der Waals surface area contributed by atoms with Crippen LogP contribution >= 0.6 is 0 Å². The molecule has 0 saturated heterocycles. The molecule has 0 aromatic heterocycles. The van der Waals surface area contributed by atoms with Gasteiger partial charge >= 0.3 is 0 Å². The third-order valence-corrected chi connectivity index (χ3v) is 5.34. The molecule has 0 amide bonds. The second-order valence-electron chi connectivity index (χ2n) is 4.62. The molecule has 0 spiro atoms. The van der Waals surface area contributed by atoms with Crippen LogP contribution in [0.1, 0.15) is 33.1 Å². The van der Waals surface area contributed by atoms with Gasteiger partial charge < -0.3 is 5.32 Å². The van der Waals surface area contributed by atoms with Crippen LogP contribution in [0.4, 0.5) is 0 Å². The van der Waals surface area contributed by atoms with Crippen molar-refractivity contribution in [3.8, 4) is 0 Å². The summed E-state index contributed by atoms with van der Waals surface area (Å²) in [6, 6.07) is 0.170. The zero-order chi connectivity index (χ0) is 12.2. The van der Waals surface area contributed by atoms with E-state index in [9.17, 15) is 8.42 Å². The minimum absolute atomic E-state index is 0.170. The van der Waals surface area contributed by atoms with Crippen LogP contribution in [0.25, 0.3) is 0 Å². The van der Waals surface area contributed by atoms with Crippen LogP contribution in [-0.2, 0) is 10.0 Å². The summed E-state index contributed by atoms with van der Waals surface area (Å²) in [5.74, 6) is 0.849. The summed E-state index contributed by atoms with van der Waals surface area (Å²) in [6.07, 6.45) is 3.05. The lowest BCUT2D eigenvalue weighted by atomic mass is 10.2. The van der Waals surface area contributed by atoms with Crippen molar-refractivity contribution in [3.05, 3.63) is 0 Å². The predicted octanol–water partition coefficient (Wildman–Crippen LogP) is 1.05. The van der Waals surface area contributed by atoms with Crippen LogP contribution < -0.4 is 5.32 Å². The first-order chi connectivity index (χ1) is 7.49. The Balaban J connectivity index is 2.36. The second-order valence-corrected chi connectivity index (χ2v) is 6.77. The van der Waals surface area contributed by atoms with E-state index in [0.717, 1.165) is 13.1 Å². The van der Waals surface area contributed by atoms with Gasteiger partial charge in [0.25, 0.3) is 0 Å². The lowest BCUT2D eigenvalue weighted by molar-refractivity contribution is 0.356. The van der Waals surface area contributed by atoms with Gasteiger partial charge in [0.1, 0.15) is 0 Å². The van der Waals surface area contributed by atoms with Gasteiger partial charge in [-0.3, -0.25) is 0 Å². The molecular weight excluding hydrogens is 224 g/mol. The number of rotatable bonds is 8. The van der Waals surface area contributed by atoms with Gasteiger partial charge in [0.15, 0.2) is 0 Å². The third kappa shape index (κ3) is 4.03. The fourth-order valence-electron chi connectivity index (χ4n) is 1.83. The third-order valence-electron chi connectivity index (χ3n) is 3.32. The van der Waals surface area contributed by atoms with Gasteiger partial charge in [0.05, 0.1) is 5.75 Å². The van der Waals surface area contributed by atoms with Gasteiger partial charge in [-0.05, 0) is 45.2 Å². The van der Waals surface area contributed by atoms with E-state index in [1.807, 2.05) is 13.8 Å². The smallest absolute Gasteiger partial charge is 0.214 e. The molecule has 0 aliphatic heterocycles. The van der Waals surface area contributed by atoms with Crippen molar-refractivity contribution >= 4 is 10.0 Å². The van der Waals surface area contributed by atoms with Gasteiger partial charge in [-0.1, -0.05) is 6.92 Å². The van der Waals surface area contributed by atoms with Gasteiger partial charge in [-0.15, -0.1) is 0 Å². The fourth-order valence-corrected chi connectivity index (χ4v) is 3.31. The lowest BCUT2D eigenvalue weighted by Gasteiger charge is -2.24. The van der Waals surface area contributed by atoms with Gasteiger partial charge in [-0.25, -0.2) is 12.7 Å². The maximum atomic E-state index is 12.0. The number of nitrogens with zero attached hydrogens (tertiary/aromatic N) is 1. The molecule has 1 atom stereocenters. The van der Waals surface area contributed by atoms with Crippen LogP contribution in [0.15, 0.2) is 0 Å². The minimum atomic E-state index is -3.05. The van der Waals surface area contributed by atoms with Crippen LogP contribution in [-0.4, -0.2) is 44.7 Å². The van der Waals surface area contributed by atoms with E-state index in [1.165, 1.54) is 12.8 Å². The molecule has 16 heavy (non-hydrogen) atoms. The zero-order valence-electron chi connectivity index (χ0n) is 10.6. The molecule has 1 N–H and O–H groups in total. The summed E-state index contributed by atoms with van der Waals surface area (Å²) in [5.41, 5.74) is 0. The maximum Gasteiger partial charge on any atom is 0.214 e. The molecule has 1 rings (SSSR count). The summed E-state index contributed by atoms with van der Waals surface area (Å²) in [5, 5.41) is 3.14. The Labute approximate surface area is 99.5 Å². The van der Waals surface area contributed by atoms with E-state index in [-0.39, 0.29) is 11.8 Å². The van der Waals surface area contributed by atoms with Gasteiger partial charge in [0.2, 0.25) is 10.0 Å². The number of hydrogen-bond donors (Lipinski definition) is 1. The predicted molar refractivity (Wildman–Crippen MR) is 66.9 cm³/mol. The van der Waals surface area contributed by atoms with Crippen molar-refractivity contribution < 1.29 is 8.42 Å². The normalized spacial score (nSPS) is 19.0. The molecule has 0 bridgehead atoms. The highest BCUT2D eigenvalue weighted by Crippen LogP contribution is 2.35. The molecule has 0 aromatic carbocycles. The molecular formula is C11H24N2O2S. The first kappa shape index (κ1) is 13.9. The molecule has 1 aliphatic carbocycles. The van der Waals surface area contributed by atoms with Crippen molar-refractivity contribution in [1.29, 1.82) is 0 Å². The van der Waals surface area contributed by atoms with Crippen molar-refractivity contribution in [2.45, 2.75) is 39.2 Å². The van der Waals surface area contributed by atoms with E-state index in [4.69, 9.17) is 0 Å². The Kier molecular flexibility index (Phi) is 5.21. The highest BCUT2D eigenvalue weighted by atomic mass is 32.2. The summed E-state index contributed by atoms with van der Waals surface area (Å²) >= 11 is 0. The fraction of sp³-hybridized carbons (Fsp3) is 1.00. The summed E-state index contributed by atoms with van der Waals surface area (Å²) < 4.78 is 25.5. The van der Waals surface area contributed by atoms with Gasteiger partial charge in [0, 0.05) is 13.1 Å². The number of sulfonamides is 1.